The monoisotopic (exact) mass is 342 g/mol. The number of para-hydroxylation sites is 1. The lowest BCUT2D eigenvalue weighted by molar-refractivity contribution is -0.140. The quantitative estimate of drug-likeness (QED) is 0.585. The van der Waals surface area contributed by atoms with Crippen LogP contribution in [0.1, 0.15) is 61.5 Å². The minimum atomic E-state index is -0.187. The van der Waals surface area contributed by atoms with Crippen LogP contribution in [0.4, 0.5) is 0 Å². The van der Waals surface area contributed by atoms with Crippen LogP contribution < -0.4 is 5.32 Å². The average Bonchev–Trinajstić information content (AvgIpc) is 2.62. The van der Waals surface area contributed by atoms with E-state index < -0.39 is 0 Å². The van der Waals surface area contributed by atoms with Crippen LogP contribution >= 0.6 is 0 Å². The number of aromatic nitrogens is 1. The standard InChI is InChI=1S/C20H26N2O3/c1-14(2)18-13-16(15-9-6-7-10-17(15)22-18)20(24)21-12-8-4-5-11-19(23)25-3/h6-7,9-10,13-14H,4-5,8,11-12H2,1-3H3,(H,21,24). The Morgan fingerprint density at radius 3 is 2.64 bits per heavy atom. The van der Waals surface area contributed by atoms with Gasteiger partial charge in [-0.15, -0.1) is 0 Å². The van der Waals surface area contributed by atoms with Crippen LogP contribution in [0.25, 0.3) is 10.9 Å². The van der Waals surface area contributed by atoms with E-state index in [1.54, 1.807) is 0 Å². The number of carbonyl (C=O) groups is 2. The smallest absolute Gasteiger partial charge is 0.305 e. The lowest BCUT2D eigenvalue weighted by Crippen LogP contribution is -2.25. The fourth-order valence-corrected chi connectivity index (χ4v) is 2.65. The summed E-state index contributed by atoms with van der Waals surface area (Å²) in [5.41, 5.74) is 2.43. The van der Waals surface area contributed by atoms with Gasteiger partial charge in [0.1, 0.15) is 0 Å². The number of hydrogen-bond acceptors (Lipinski definition) is 4. The van der Waals surface area contributed by atoms with Gasteiger partial charge in [0, 0.05) is 24.0 Å². The van der Waals surface area contributed by atoms with E-state index in [-0.39, 0.29) is 17.8 Å². The van der Waals surface area contributed by atoms with Crippen molar-refractivity contribution in [2.75, 3.05) is 13.7 Å². The summed E-state index contributed by atoms with van der Waals surface area (Å²) in [6.07, 6.45) is 2.92. The van der Waals surface area contributed by atoms with Gasteiger partial charge < -0.3 is 10.1 Å². The summed E-state index contributed by atoms with van der Waals surface area (Å²) >= 11 is 0. The van der Waals surface area contributed by atoms with Gasteiger partial charge in [0.25, 0.3) is 5.91 Å². The van der Waals surface area contributed by atoms with Gasteiger partial charge in [-0.1, -0.05) is 38.5 Å². The van der Waals surface area contributed by atoms with E-state index >= 15 is 0 Å². The number of nitrogens with one attached hydrogen (secondary N) is 1. The van der Waals surface area contributed by atoms with Crippen molar-refractivity contribution in [2.24, 2.45) is 0 Å². The molecule has 5 nitrogen and oxygen atoms in total. The highest BCUT2D eigenvalue weighted by atomic mass is 16.5. The summed E-state index contributed by atoms with van der Waals surface area (Å²) in [7, 11) is 1.40. The van der Waals surface area contributed by atoms with Gasteiger partial charge in [-0.05, 0) is 30.9 Å². The minimum absolute atomic E-state index is 0.0755. The van der Waals surface area contributed by atoms with Crippen LogP contribution in [-0.2, 0) is 9.53 Å². The van der Waals surface area contributed by atoms with Crippen LogP contribution in [0, 0.1) is 0 Å². The summed E-state index contributed by atoms with van der Waals surface area (Å²) in [6, 6.07) is 9.60. The molecule has 0 bridgehead atoms. The maximum atomic E-state index is 12.6. The van der Waals surface area contributed by atoms with Gasteiger partial charge in [0.2, 0.25) is 0 Å². The number of amides is 1. The molecule has 1 heterocycles. The van der Waals surface area contributed by atoms with Crippen LogP contribution in [0.15, 0.2) is 30.3 Å². The molecule has 0 aliphatic carbocycles. The van der Waals surface area contributed by atoms with Crippen LogP contribution in [-0.4, -0.2) is 30.5 Å². The van der Waals surface area contributed by atoms with Crippen molar-refractivity contribution >= 4 is 22.8 Å². The lowest BCUT2D eigenvalue weighted by Gasteiger charge is -2.12. The highest BCUT2D eigenvalue weighted by Gasteiger charge is 2.14. The van der Waals surface area contributed by atoms with Gasteiger partial charge in [-0.2, -0.15) is 0 Å². The first-order valence-corrected chi connectivity index (χ1v) is 8.77. The van der Waals surface area contributed by atoms with E-state index in [0.29, 0.717) is 18.5 Å². The number of carbonyl (C=O) groups excluding carboxylic acids is 2. The third-order valence-corrected chi connectivity index (χ3v) is 4.14. The van der Waals surface area contributed by atoms with Crippen molar-refractivity contribution in [3.05, 3.63) is 41.6 Å². The van der Waals surface area contributed by atoms with E-state index in [1.807, 2.05) is 30.3 Å². The minimum Gasteiger partial charge on any atom is -0.469 e. The maximum Gasteiger partial charge on any atom is 0.305 e. The zero-order valence-corrected chi connectivity index (χ0v) is 15.2. The molecule has 2 rings (SSSR count). The Labute approximate surface area is 148 Å². The summed E-state index contributed by atoms with van der Waals surface area (Å²) in [5, 5.41) is 3.85. The molecule has 0 saturated carbocycles. The topological polar surface area (TPSA) is 68.3 Å². The molecule has 1 aromatic heterocycles. The molecule has 0 saturated heterocycles. The second kappa shape index (κ2) is 9.16. The second-order valence-electron chi connectivity index (χ2n) is 6.41. The maximum absolute atomic E-state index is 12.6. The van der Waals surface area contributed by atoms with Crippen molar-refractivity contribution in [3.63, 3.8) is 0 Å². The van der Waals surface area contributed by atoms with E-state index in [0.717, 1.165) is 35.9 Å². The molecule has 1 N–H and O–H groups in total. The highest BCUT2D eigenvalue weighted by Crippen LogP contribution is 2.22. The molecule has 0 unspecified atom stereocenters. The molecule has 5 heteroatoms. The number of fused-ring (bicyclic) bond motifs is 1. The summed E-state index contributed by atoms with van der Waals surface area (Å²) in [5.74, 6) is -0.00329. The van der Waals surface area contributed by atoms with Crippen molar-refractivity contribution in [1.82, 2.24) is 10.3 Å². The predicted octanol–water partition coefficient (Wildman–Crippen LogP) is 3.82. The van der Waals surface area contributed by atoms with E-state index in [4.69, 9.17) is 0 Å². The van der Waals surface area contributed by atoms with Crippen LogP contribution in [0.5, 0.6) is 0 Å². The first-order chi connectivity index (χ1) is 12.0. The molecule has 134 valence electrons. The molecule has 0 aliphatic rings. The van der Waals surface area contributed by atoms with Gasteiger partial charge in [-0.25, -0.2) is 0 Å². The summed E-state index contributed by atoms with van der Waals surface area (Å²) in [4.78, 5) is 28.3. The number of benzene rings is 1. The number of pyridine rings is 1. The first-order valence-electron chi connectivity index (χ1n) is 8.77. The zero-order chi connectivity index (χ0) is 18.2. The van der Waals surface area contributed by atoms with E-state index in [1.165, 1.54) is 7.11 Å². The fraction of sp³-hybridized carbons (Fsp3) is 0.450. The molecule has 0 radical (unpaired) electrons. The molecule has 0 aliphatic heterocycles. The molecule has 0 atom stereocenters. The largest absolute Gasteiger partial charge is 0.469 e. The van der Waals surface area contributed by atoms with Crippen molar-refractivity contribution in [3.8, 4) is 0 Å². The fourth-order valence-electron chi connectivity index (χ4n) is 2.65. The molecular weight excluding hydrogens is 316 g/mol. The number of esters is 1. The molecular formula is C20H26N2O3. The van der Waals surface area contributed by atoms with Crippen LogP contribution in [0.2, 0.25) is 0 Å². The molecule has 1 amide bonds. The van der Waals surface area contributed by atoms with Crippen molar-refractivity contribution in [1.29, 1.82) is 0 Å². The number of rotatable bonds is 8. The Morgan fingerprint density at radius 1 is 1.16 bits per heavy atom. The lowest BCUT2D eigenvalue weighted by atomic mass is 10.0. The Morgan fingerprint density at radius 2 is 1.92 bits per heavy atom. The van der Waals surface area contributed by atoms with E-state index in [9.17, 15) is 9.59 Å². The normalized spacial score (nSPS) is 10.9. The van der Waals surface area contributed by atoms with Gasteiger partial charge in [0.05, 0.1) is 18.2 Å². The first kappa shape index (κ1) is 18.9. The molecule has 1 aromatic carbocycles. The number of nitrogens with zero attached hydrogens (tertiary/aromatic N) is 1. The second-order valence-corrected chi connectivity index (χ2v) is 6.41. The molecule has 0 spiro atoms. The Balaban J connectivity index is 1.98. The molecule has 2 aromatic rings. The van der Waals surface area contributed by atoms with Gasteiger partial charge in [-0.3, -0.25) is 14.6 Å². The number of ether oxygens (including phenoxy) is 1. The predicted molar refractivity (Wildman–Crippen MR) is 98.6 cm³/mol. The Bertz CT molecular complexity index is 741. The highest BCUT2D eigenvalue weighted by molar-refractivity contribution is 6.06. The molecule has 0 fully saturated rings. The summed E-state index contributed by atoms with van der Waals surface area (Å²) in [6.45, 7) is 4.73. The SMILES string of the molecule is COC(=O)CCCCCNC(=O)c1cc(C(C)C)nc2ccccc12. The number of unbranched alkanes of at least 4 members (excludes halogenated alkanes) is 2. The Hall–Kier alpha value is -2.43. The van der Waals surface area contributed by atoms with Gasteiger partial charge >= 0.3 is 5.97 Å². The van der Waals surface area contributed by atoms with Crippen molar-refractivity contribution in [2.45, 2.75) is 45.4 Å². The zero-order valence-electron chi connectivity index (χ0n) is 15.2. The van der Waals surface area contributed by atoms with Gasteiger partial charge in [0.15, 0.2) is 0 Å². The Kier molecular flexibility index (Phi) is 6.92. The third kappa shape index (κ3) is 5.28. The van der Waals surface area contributed by atoms with E-state index in [2.05, 4.69) is 28.9 Å². The summed E-state index contributed by atoms with van der Waals surface area (Å²) < 4.78 is 4.61. The number of hydrogen-bond donors (Lipinski definition) is 1. The molecule has 25 heavy (non-hydrogen) atoms. The van der Waals surface area contributed by atoms with Crippen LogP contribution in [0.3, 0.4) is 0 Å². The average molecular weight is 342 g/mol. The number of methoxy groups -OCH3 is 1. The third-order valence-electron chi connectivity index (χ3n) is 4.14. The van der Waals surface area contributed by atoms with Crippen molar-refractivity contribution < 1.29 is 14.3 Å².